The van der Waals surface area contributed by atoms with Gasteiger partial charge in [0.1, 0.15) is 0 Å². The molecular formula is C20H21N3O2S2. The Kier molecular flexibility index (Phi) is 5.82. The van der Waals surface area contributed by atoms with Crippen LogP contribution in [0, 0.1) is 5.21 Å². The number of pyridine rings is 1. The van der Waals surface area contributed by atoms with Crippen molar-refractivity contribution in [3.63, 3.8) is 0 Å². The molecule has 0 aliphatic heterocycles. The van der Waals surface area contributed by atoms with Gasteiger partial charge in [-0.05, 0) is 28.8 Å². The third-order valence-corrected chi connectivity index (χ3v) is 5.71. The molecule has 1 N–H and O–H groups in total. The molecule has 0 atom stereocenters. The SMILES string of the molecule is CC(C)(C)c1ccc(-c2csc(NC(=O)CSc3cccc[n+]3[O-])n2)cc1. The molecule has 1 amide bonds. The van der Waals surface area contributed by atoms with Gasteiger partial charge in [0.2, 0.25) is 5.91 Å². The number of thioether (sulfide) groups is 1. The van der Waals surface area contributed by atoms with Crippen LogP contribution >= 0.6 is 23.1 Å². The molecule has 27 heavy (non-hydrogen) atoms. The molecule has 0 bridgehead atoms. The van der Waals surface area contributed by atoms with Crippen molar-refractivity contribution in [1.82, 2.24) is 4.98 Å². The highest BCUT2D eigenvalue weighted by Gasteiger charge is 2.14. The van der Waals surface area contributed by atoms with Gasteiger partial charge in [0.25, 0.3) is 5.03 Å². The van der Waals surface area contributed by atoms with Gasteiger partial charge in [0.15, 0.2) is 11.3 Å². The molecule has 0 saturated heterocycles. The van der Waals surface area contributed by atoms with E-state index in [-0.39, 0.29) is 17.1 Å². The highest BCUT2D eigenvalue weighted by molar-refractivity contribution is 7.99. The number of carbonyl (C=O) groups is 1. The fourth-order valence-electron chi connectivity index (χ4n) is 2.42. The lowest BCUT2D eigenvalue weighted by atomic mass is 9.86. The second-order valence-corrected chi connectivity index (χ2v) is 8.92. The summed E-state index contributed by atoms with van der Waals surface area (Å²) >= 11 is 2.58. The first-order valence-electron chi connectivity index (χ1n) is 8.50. The van der Waals surface area contributed by atoms with E-state index in [1.54, 1.807) is 18.2 Å². The molecular weight excluding hydrogens is 378 g/mol. The molecule has 3 rings (SSSR count). The number of aromatic nitrogens is 2. The van der Waals surface area contributed by atoms with Crippen LogP contribution in [0.25, 0.3) is 11.3 Å². The van der Waals surface area contributed by atoms with Crippen LogP contribution in [0.3, 0.4) is 0 Å². The predicted molar refractivity (Wildman–Crippen MR) is 111 cm³/mol. The van der Waals surface area contributed by atoms with Gasteiger partial charge in [-0.3, -0.25) is 4.79 Å². The Hall–Kier alpha value is -2.38. The first-order valence-corrected chi connectivity index (χ1v) is 10.4. The molecule has 0 fully saturated rings. The summed E-state index contributed by atoms with van der Waals surface area (Å²) < 4.78 is 0.751. The Labute approximate surface area is 167 Å². The van der Waals surface area contributed by atoms with Crippen LogP contribution in [0.15, 0.2) is 59.1 Å². The lowest BCUT2D eigenvalue weighted by Gasteiger charge is -2.18. The van der Waals surface area contributed by atoms with E-state index < -0.39 is 0 Å². The summed E-state index contributed by atoms with van der Waals surface area (Å²) in [5, 5.41) is 17.4. The van der Waals surface area contributed by atoms with Crippen LogP contribution in [0.2, 0.25) is 0 Å². The number of nitrogens with zero attached hydrogens (tertiary/aromatic N) is 2. The van der Waals surface area contributed by atoms with Crippen molar-refractivity contribution in [2.24, 2.45) is 0 Å². The van der Waals surface area contributed by atoms with E-state index in [4.69, 9.17) is 0 Å². The molecule has 2 heterocycles. The minimum atomic E-state index is -0.187. The first-order chi connectivity index (χ1) is 12.8. The van der Waals surface area contributed by atoms with Crippen LogP contribution in [0.5, 0.6) is 0 Å². The molecule has 5 nitrogen and oxygen atoms in total. The quantitative estimate of drug-likeness (QED) is 0.390. The zero-order chi connectivity index (χ0) is 19.4. The number of nitrogens with one attached hydrogen (secondary N) is 1. The van der Waals surface area contributed by atoms with Crippen molar-refractivity contribution >= 4 is 34.1 Å². The molecule has 1 aromatic carbocycles. The Balaban J connectivity index is 1.60. The molecule has 7 heteroatoms. The zero-order valence-corrected chi connectivity index (χ0v) is 17.1. The van der Waals surface area contributed by atoms with E-state index in [1.165, 1.54) is 34.9 Å². The molecule has 140 valence electrons. The van der Waals surface area contributed by atoms with Crippen molar-refractivity contribution in [3.05, 3.63) is 64.8 Å². The van der Waals surface area contributed by atoms with E-state index in [9.17, 15) is 10.0 Å². The van der Waals surface area contributed by atoms with Gasteiger partial charge in [0.05, 0.1) is 11.4 Å². The standard InChI is InChI=1S/C20H21N3O2S2/c1-20(2,3)15-9-7-14(8-10-15)16-12-27-19(21-16)22-17(24)13-26-18-6-4-5-11-23(18)25/h4-12H,13H2,1-3H3,(H,21,22,24). The van der Waals surface area contributed by atoms with Crippen LogP contribution in [-0.4, -0.2) is 16.6 Å². The van der Waals surface area contributed by atoms with Crippen molar-refractivity contribution in [3.8, 4) is 11.3 Å². The molecule has 3 aromatic rings. The van der Waals surface area contributed by atoms with Crippen LogP contribution < -0.4 is 10.0 Å². The van der Waals surface area contributed by atoms with Gasteiger partial charge in [-0.1, -0.05) is 45.0 Å². The maximum absolute atomic E-state index is 12.1. The van der Waals surface area contributed by atoms with Gasteiger partial charge in [-0.25, -0.2) is 4.98 Å². The normalized spacial score (nSPS) is 11.4. The Morgan fingerprint density at radius 3 is 2.63 bits per heavy atom. The Morgan fingerprint density at radius 1 is 1.22 bits per heavy atom. The van der Waals surface area contributed by atoms with Crippen molar-refractivity contribution in [2.45, 2.75) is 31.2 Å². The number of amides is 1. The van der Waals surface area contributed by atoms with Crippen molar-refractivity contribution in [1.29, 1.82) is 0 Å². The monoisotopic (exact) mass is 399 g/mol. The molecule has 2 aromatic heterocycles. The molecule has 0 radical (unpaired) electrons. The van der Waals surface area contributed by atoms with E-state index in [2.05, 4.69) is 55.3 Å². The molecule has 0 unspecified atom stereocenters. The van der Waals surface area contributed by atoms with E-state index in [0.29, 0.717) is 10.2 Å². The maximum Gasteiger partial charge on any atom is 0.251 e. The summed E-state index contributed by atoms with van der Waals surface area (Å²) in [5.74, 6) is -0.0330. The third-order valence-electron chi connectivity index (χ3n) is 3.94. The average molecular weight is 400 g/mol. The van der Waals surface area contributed by atoms with E-state index in [0.717, 1.165) is 16.0 Å². The Bertz CT molecular complexity index is 931. The largest absolute Gasteiger partial charge is 0.618 e. The van der Waals surface area contributed by atoms with Gasteiger partial charge in [0, 0.05) is 23.1 Å². The lowest BCUT2D eigenvalue weighted by molar-refractivity contribution is -0.645. The number of hydrogen-bond donors (Lipinski definition) is 1. The van der Waals surface area contributed by atoms with Gasteiger partial charge >= 0.3 is 0 Å². The zero-order valence-electron chi connectivity index (χ0n) is 15.4. The summed E-state index contributed by atoms with van der Waals surface area (Å²) in [6.07, 6.45) is 1.41. The Morgan fingerprint density at radius 2 is 1.96 bits per heavy atom. The minimum absolute atomic E-state index is 0.110. The van der Waals surface area contributed by atoms with Crippen LogP contribution in [0.1, 0.15) is 26.3 Å². The van der Waals surface area contributed by atoms with Crippen LogP contribution in [0.4, 0.5) is 5.13 Å². The summed E-state index contributed by atoms with van der Waals surface area (Å²) in [5.41, 5.74) is 3.23. The fraction of sp³-hybridized carbons (Fsp3) is 0.250. The second-order valence-electron chi connectivity index (χ2n) is 7.07. The lowest BCUT2D eigenvalue weighted by Crippen LogP contribution is -2.28. The van der Waals surface area contributed by atoms with E-state index in [1.807, 2.05) is 5.38 Å². The summed E-state index contributed by atoms with van der Waals surface area (Å²) in [4.78, 5) is 16.6. The third kappa shape index (κ3) is 5.08. The number of rotatable bonds is 5. The first kappa shape index (κ1) is 19.4. The smallest absolute Gasteiger partial charge is 0.251 e. The van der Waals surface area contributed by atoms with Gasteiger partial charge in [-0.2, -0.15) is 4.73 Å². The highest BCUT2D eigenvalue weighted by Crippen LogP contribution is 2.28. The molecule has 0 saturated carbocycles. The molecule has 0 aliphatic rings. The van der Waals surface area contributed by atoms with Crippen molar-refractivity contribution in [2.75, 3.05) is 11.1 Å². The van der Waals surface area contributed by atoms with E-state index >= 15 is 0 Å². The number of anilines is 1. The fourth-order valence-corrected chi connectivity index (χ4v) is 3.87. The number of thiazole rings is 1. The number of carbonyl (C=O) groups excluding carboxylic acids is 1. The summed E-state index contributed by atoms with van der Waals surface area (Å²) in [6, 6.07) is 13.4. The minimum Gasteiger partial charge on any atom is -0.618 e. The van der Waals surface area contributed by atoms with Gasteiger partial charge < -0.3 is 10.5 Å². The predicted octanol–water partition coefficient (Wildman–Crippen LogP) is 4.47. The number of benzene rings is 1. The average Bonchev–Trinajstić information content (AvgIpc) is 3.09. The number of hydrogen-bond acceptors (Lipinski definition) is 5. The van der Waals surface area contributed by atoms with Crippen LogP contribution in [-0.2, 0) is 10.2 Å². The molecule has 0 aliphatic carbocycles. The summed E-state index contributed by atoms with van der Waals surface area (Å²) in [7, 11) is 0. The van der Waals surface area contributed by atoms with Crippen molar-refractivity contribution < 1.29 is 9.52 Å². The summed E-state index contributed by atoms with van der Waals surface area (Å²) in [6.45, 7) is 6.54. The second kappa shape index (κ2) is 8.10. The van der Waals surface area contributed by atoms with Gasteiger partial charge in [-0.15, -0.1) is 11.3 Å². The topological polar surface area (TPSA) is 68.9 Å². The maximum atomic E-state index is 12.1. The molecule has 0 spiro atoms. The highest BCUT2D eigenvalue weighted by atomic mass is 32.2.